The van der Waals surface area contributed by atoms with E-state index in [1.807, 2.05) is 30.6 Å². The third-order valence-electron chi connectivity index (χ3n) is 6.14. The lowest BCUT2D eigenvalue weighted by molar-refractivity contribution is 0.102. The number of amides is 1. The van der Waals surface area contributed by atoms with Crippen LogP contribution in [-0.2, 0) is 16.4 Å². The van der Waals surface area contributed by atoms with Gasteiger partial charge in [-0.25, -0.2) is 13.4 Å². The minimum Gasteiger partial charge on any atom is -0.319 e. The quantitative estimate of drug-likeness (QED) is 0.423. The number of hydrogen-bond acceptors (Lipinski definition) is 7. The second-order valence-electron chi connectivity index (χ2n) is 8.86. The molecule has 1 fully saturated rings. The minimum atomic E-state index is -3.41. The predicted molar refractivity (Wildman–Crippen MR) is 134 cm³/mol. The Labute approximate surface area is 203 Å². The fourth-order valence-corrected chi connectivity index (χ4v) is 4.90. The van der Waals surface area contributed by atoms with Crippen molar-refractivity contribution in [1.29, 1.82) is 0 Å². The number of benzene rings is 1. The van der Waals surface area contributed by atoms with Crippen molar-refractivity contribution in [3.8, 4) is 11.1 Å². The number of carbonyl (C=O) groups excluding carboxylic acids is 1. The molecule has 0 radical (unpaired) electrons. The lowest BCUT2D eigenvalue weighted by atomic mass is 10.0. The van der Waals surface area contributed by atoms with E-state index in [4.69, 9.17) is 0 Å². The van der Waals surface area contributed by atoms with Gasteiger partial charge in [-0.2, -0.15) is 5.10 Å². The largest absolute Gasteiger partial charge is 0.319 e. The van der Waals surface area contributed by atoms with Crippen molar-refractivity contribution in [2.24, 2.45) is 0 Å². The van der Waals surface area contributed by atoms with Crippen molar-refractivity contribution < 1.29 is 13.2 Å². The predicted octanol–water partition coefficient (Wildman–Crippen LogP) is 3.66. The molecular weight excluding hydrogens is 464 g/mol. The first kappa shape index (κ1) is 23.1. The van der Waals surface area contributed by atoms with Crippen molar-refractivity contribution >= 4 is 32.3 Å². The van der Waals surface area contributed by atoms with E-state index in [1.54, 1.807) is 0 Å². The molecule has 0 bridgehead atoms. The van der Waals surface area contributed by atoms with E-state index >= 15 is 0 Å². The first-order valence-electron chi connectivity index (χ1n) is 11.5. The number of sulfone groups is 1. The van der Waals surface area contributed by atoms with Crippen LogP contribution in [0.1, 0.15) is 35.3 Å². The van der Waals surface area contributed by atoms with Gasteiger partial charge >= 0.3 is 0 Å². The number of fused-ring (bicyclic) bond motifs is 1. The van der Waals surface area contributed by atoms with Gasteiger partial charge in [0.25, 0.3) is 5.91 Å². The zero-order chi connectivity index (χ0) is 24.4. The van der Waals surface area contributed by atoms with E-state index in [-0.39, 0.29) is 10.7 Å². The summed E-state index contributed by atoms with van der Waals surface area (Å²) in [7, 11) is -3.41. The summed E-state index contributed by atoms with van der Waals surface area (Å²) >= 11 is 0. The molecule has 1 aliphatic heterocycles. The third kappa shape index (κ3) is 5.23. The van der Waals surface area contributed by atoms with E-state index in [1.165, 1.54) is 43.2 Å². The zero-order valence-electron chi connectivity index (χ0n) is 19.4. The van der Waals surface area contributed by atoms with Crippen LogP contribution in [0.25, 0.3) is 22.0 Å². The fourth-order valence-electron chi connectivity index (χ4n) is 4.34. The Hall–Kier alpha value is -3.63. The Morgan fingerprint density at radius 2 is 1.86 bits per heavy atom. The highest BCUT2D eigenvalue weighted by atomic mass is 32.2. The van der Waals surface area contributed by atoms with Crippen LogP contribution in [0.3, 0.4) is 0 Å². The highest BCUT2D eigenvalue weighted by Gasteiger charge is 2.17. The number of likely N-dealkylation sites (tertiary alicyclic amines) is 1. The van der Waals surface area contributed by atoms with E-state index in [0.717, 1.165) is 42.5 Å². The monoisotopic (exact) mass is 490 g/mol. The van der Waals surface area contributed by atoms with Crippen LogP contribution < -0.4 is 5.32 Å². The van der Waals surface area contributed by atoms with Gasteiger partial charge in [0.05, 0.1) is 17.4 Å². The summed E-state index contributed by atoms with van der Waals surface area (Å²) in [5, 5.41) is 10.5. The van der Waals surface area contributed by atoms with Crippen LogP contribution in [-0.4, -0.2) is 58.7 Å². The van der Waals surface area contributed by atoms with Crippen LogP contribution in [0.2, 0.25) is 0 Å². The smallest absolute Gasteiger partial charge is 0.276 e. The summed E-state index contributed by atoms with van der Waals surface area (Å²) in [6, 6.07) is 10.8. The number of hydrogen-bond donors (Lipinski definition) is 2. The maximum Gasteiger partial charge on any atom is 0.276 e. The number of rotatable bonds is 6. The van der Waals surface area contributed by atoms with Crippen molar-refractivity contribution in [2.45, 2.75) is 30.8 Å². The number of aromatic amines is 1. The molecule has 180 valence electrons. The second kappa shape index (κ2) is 9.55. The summed E-state index contributed by atoms with van der Waals surface area (Å²) in [4.78, 5) is 23.8. The van der Waals surface area contributed by atoms with E-state index < -0.39 is 15.7 Å². The standard InChI is InChI=1S/C25H26N6O3S/c1-35(33,34)23-8-6-20(15-27-23)28-25(32)24-21-12-18(5-7-22(21)29-30-24)19-11-17(13-26-14-19)16-31-9-3-2-4-10-31/h5-8,11-15H,2-4,9-10,16H2,1H3,(H,28,32)(H,29,30). The fraction of sp³-hybridized carbons (Fsp3) is 0.280. The molecule has 4 aromatic rings. The van der Waals surface area contributed by atoms with Gasteiger partial charge in [-0.15, -0.1) is 0 Å². The van der Waals surface area contributed by atoms with Gasteiger partial charge in [-0.3, -0.25) is 19.8 Å². The molecule has 0 spiro atoms. The van der Waals surface area contributed by atoms with Crippen LogP contribution in [0.4, 0.5) is 5.69 Å². The molecule has 1 aromatic carbocycles. The average Bonchev–Trinajstić information content (AvgIpc) is 3.28. The summed E-state index contributed by atoms with van der Waals surface area (Å²) in [5.74, 6) is -0.417. The van der Waals surface area contributed by atoms with Crippen molar-refractivity contribution in [2.75, 3.05) is 24.7 Å². The van der Waals surface area contributed by atoms with Gasteiger partial charge < -0.3 is 5.32 Å². The van der Waals surface area contributed by atoms with Gasteiger partial charge in [0.15, 0.2) is 20.6 Å². The van der Waals surface area contributed by atoms with Gasteiger partial charge in [-0.05, 0) is 67.4 Å². The molecular formula is C25H26N6O3S. The van der Waals surface area contributed by atoms with Crippen LogP contribution in [0.15, 0.2) is 60.0 Å². The van der Waals surface area contributed by atoms with Gasteiger partial charge in [0, 0.05) is 36.1 Å². The molecule has 2 N–H and O–H groups in total. The lowest BCUT2D eigenvalue weighted by Crippen LogP contribution is -2.29. The summed E-state index contributed by atoms with van der Waals surface area (Å²) < 4.78 is 23.2. The topological polar surface area (TPSA) is 121 Å². The summed E-state index contributed by atoms with van der Waals surface area (Å²) in [6.45, 7) is 3.13. The molecule has 3 aromatic heterocycles. The number of nitrogens with one attached hydrogen (secondary N) is 2. The number of anilines is 1. The van der Waals surface area contributed by atoms with Crippen LogP contribution >= 0.6 is 0 Å². The number of pyridine rings is 2. The number of aromatic nitrogens is 4. The second-order valence-corrected chi connectivity index (χ2v) is 10.8. The molecule has 1 saturated heterocycles. The maximum atomic E-state index is 12.9. The molecule has 35 heavy (non-hydrogen) atoms. The number of nitrogens with zero attached hydrogens (tertiary/aromatic N) is 4. The Balaban J connectivity index is 1.38. The molecule has 9 nitrogen and oxygen atoms in total. The third-order valence-corrected chi connectivity index (χ3v) is 7.14. The molecule has 4 heterocycles. The highest BCUT2D eigenvalue weighted by Crippen LogP contribution is 2.27. The van der Waals surface area contributed by atoms with Crippen LogP contribution in [0.5, 0.6) is 0 Å². The Kier molecular flexibility index (Phi) is 6.31. The zero-order valence-corrected chi connectivity index (χ0v) is 20.2. The van der Waals surface area contributed by atoms with E-state index in [0.29, 0.717) is 11.1 Å². The van der Waals surface area contributed by atoms with Crippen molar-refractivity contribution in [3.05, 3.63) is 66.2 Å². The first-order valence-corrected chi connectivity index (χ1v) is 13.4. The van der Waals surface area contributed by atoms with Crippen molar-refractivity contribution in [3.63, 3.8) is 0 Å². The van der Waals surface area contributed by atoms with Crippen LogP contribution in [0, 0.1) is 0 Å². The number of piperidine rings is 1. The minimum absolute atomic E-state index is 0.0542. The molecule has 0 unspecified atom stereocenters. The normalized spacial score (nSPS) is 14.8. The molecule has 0 aliphatic carbocycles. The molecule has 0 atom stereocenters. The summed E-state index contributed by atoms with van der Waals surface area (Å²) in [6.07, 6.45) is 9.93. The SMILES string of the molecule is CS(=O)(=O)c1ccc(NC(=O)c2n[nH]c3ccc(-c4cncc(CN5CCCCC5)c4)cc23)cn1. The van der Waals surface area contributed by atoms with Gasteiger partial charge in [-0.1, -0.05) is 12.5 Å². The average molecular weight is 491 g/mol. The molecule has 0 saturated carbocycles. The Morgan fingerprint density at radius 3 is 2.60 bits per heavy atom. The lowest BCUT2D eigenvalue weighted by Gasteiger charge is -2.26. The summed E-state index contributed by atoms with van der Waals surface area (Å²) in [5.41, 5.74) is 4.45. The van der Waals surface area contributed by atoms with E-state index in [9.17, 15) is 13.2 Å². The maximum absolute atomic E-state index is 12.9. The first-order chi connectivity index (χ1) is 16.9. The Bertz CT molecular complexity index is 1470. The molecule has 5 rings (SSSR count). The molecule has 10 heteroatoms. The molecule has 1 aliphatic rings. The van der Waals surface area contributed by atoms with E-state index in [2.05, 4.69) is 36.4 Å². The van der Waals surface area contributed by atoms with Gasteiger partial charge in [0.1, 0.15) is 0 Å². The van der Waals surface area contributed by atoms with Gasteiger partial charge in [0.2, 0.25) is 0 Å². The molecule has 1 amide bonds. The Morgan fingerprint density at radius 1 is 1.03 bits per heavy atom. The van der Waals surface area contributed by atoms with Crippen molar-refractivity contribution in [1.82, 2.24) is 25.1 Å². The highest BCUT2D eigenvalue weighted by molar-refractivity contribution is 7.90. The number of carbonyl (C=O) groups is 1. The number of H-pyrrole nitrogens is 1.